The van der Waals surface area contributed by atoms with Crippen molar-refractivity contribution in [2.24, 2.45) is 0 Å². The van der Waals surface area contributed by atoms with Crippen molar-refractivity contribution in [3.63, 3.8) is 0 Å². The summed E-state index contributed by atoms with van der Waals surface area (Å²) < 4.78 is 14.7. The van der Waals surface area contributed by atoms with Gasteiger partial charge in [-0.1, -0.05) is 18.2 Å². The number of aromatic nitrogens is 2. The molecule has 1 fully saturated rings. The van der Waals surface area contributed by atoms with Crippen LogP contribution < -0.4 is 5.46 Å². The molecule has 4 nitrogen and oxygen atoms in total. The Morgan fingerprint density at radius 1 is 1.00 bits per heavy atom. The van der Waals surface area contributed by atoms with Crippen LogP contribution >= 0.6 is 11.9 Å². The number of hydrogen-bond donors (Lipinski definition) is 0. The zero-order chi connectivity index (χ0) is 18.5. The second-order valence-corrected chi connectivity index (χ2v) is 8.73. The van der Waals surface area contributed by atoms with Gasteiger partial charge in [-0.2, -0.15) is 0 Å². The maximum absolute atomic E-state index is 6.26. The van der Waals surface area contributed by atoms with E-state index in [1.807, 2.05) is 30.5 Å². The highest BCUT2D eigenvalue weighted by Crippen LogP contribution is 2.37. The van der Waals surface area contributed by atoms with Crippen LogP contribution in [0.3, 0.4) is 0 Å². The van der Waals surface area contributed by atoms with Gasteiger partial charge in [0.2, 0.25) is 0 Å². The van der Waals surface area contributed by atoms with Crippen molar-refractivity contribution in [1.29, 1.82) is 0 Å². The average molecular weight is 366 g/mol. The fraction of sp³-hybridized carbons (Fsp3) is 0.350. The smallest absolute Gasteiger partial charge is 0.399 e. The Morgan fingerprint density at radius 2 is 1.65 bits per heavy atom. The summed E-state index contributed by atoms with van der Waals surface area (Å²) in [6, 6.07) is 14.5. The van der Waals surface area contributed by atoms with Gasteiger partial charge in [0.05, 0.1) is 11.2 Å². The van der Waals surface area contributed by atoms with E-state index < -0.39 is 0 Å². The Hall–Kier alpha value is -1.76. The monoisotopic (exact) mass is 366 g/mol. The Labute approximate surface area is 159 Å². The lowest BCUT2D eigenvalue weighted by molar-refractivity contribution is 0.00578. The summed E-state index contributed by atoms with van der Waals surface area (Å²) in [4.78, 5) is 5.81. The number of rotatable bonds is 3. The van der Waals surface area contributed by atoms with Crippen LogP contribution in [-0.4, -0.2) is 27.3 Å². The molecule has 1 aromatic carbocycles. The fourth-order valence-electron chi connectivity index (χ4n) is 3.10. The van der Waals surface area contributed by atoms with E-state index in [0.29, 0.717) is 0 Å². The van der Waals surface area contributed by atoms with Gasteiger partial charge in [-0.3, -0.25) is 3.97 Å². The van der Waals surface area contributed by atoms with E-state index in [2.05, 4.69) is 61.8 Å². The topological polar surface area (TPSA) is 36.3 Å². The van der Waals surface area contributed by atoms with Crippen molar-refractivity contribution in [3.8, 4) is 0 Å². The van der Waals surface area contributed by atoms with Gasteiger partial charge >= 0.3 is 7.12 Å². The first-order chi connectivity index (χ1) is 12.3. The van der Waals surface area contributed by atoms with Gasteiger partial charge in [-0.25, -0.2) is 4.98 Å². The zero-order valence-corrected chi connectivity index (χ0v) is 16.6. The summed E-state index contributed by atoms with van der Waals surface area (Å²) in [5, 5.41) is 1.08. The lowest BCUT2D eigenvalue weighted by Crippen LogP contribution is -2.41. The fourth-order valence-corrected chi connectivity index (χ4v) is 4.02. The molecule has 1 aliphatic rings. The molecule has 134 valence electrons. The minimum absolute atomic E-state index is 0.357. The molecule has 0 saturated carbocycles. The van der Waals surface area contributed by atoms with Crippen LogP contribution in [0, 0.1) is 6.92 Å². The number of hydrogen-bond acceptors (Lipinski definition) is 4. The van der Waals surface area contributed by atoms with Gasteiger partial charge in [0.15, 0.2) is 0 Å². The highest BCUT2D eigenvalue weighted by atomic mass is 32.2. The normalized spacial score (nSPS) is 18.6. The Kier molecular flexibility index (Phi) is 4.17. The number of aryl methyl sites for hydroxylation is 1. The molecule has 2 aromatic heterocycles. The largest absolute Gasteiger partial charge is 0.495 e. The lowest BCUT2D eigenvalue weighted by Gasteiger charge is -2.32. The quantitative estimate of drug-likeness (QED) is 0.651. The summed E-state index contributed by atoms with van der Waals surface area (Å²) >= 11 is 1.67. The molecule has 3 heterocycles. The molecule has 3 aromatic rings. The highest BCUT2D eigenvalue weighted by Gasteiger charge is 2.52. The third-order valence-corrected chi connectivity index (χ3v) is 6.44. The first kappa shape index (κ1) is 17.6. The molecule has 1 saturated heterocycles. The SMILES string of the molecule is Cc1cc2c(B3OC(C)(C)C(C)(C)O3)ccnc2n1Sc1ccccc1. The number of pyridine rings is 1. The molecule has 0 spiro atoms. The van der Waals surface area contributed by atoms with Crippen molar-refractivity contribution in [1.82, 2.24) is 8.96 Å². The van der Waals surface area contributed by atoms with Gasteiger partial charge in [-0.05, 0) is 76.3 Å². The minimum Gasteiger partial charge on any atom is -0.399 e. The van der Waals surface area contributed by atoms with Gasteiger partial charge in [-0.15, -0.1) is 0 Å². The molecule has 6 heteroatoms. The maximum Gasteiger partial charge on any atom is 0.495 e. The first-order valence-corrected chi connectivity index (χ1v) is 9.62. The third kappa shape index (κ3) is 2.86. The standard InChI is InChI=1S/C20H23BN2O2S/c1-14-13-16-17(21-24-19(2,3)20(4,5)25-21)11-12-22-18(16)23(14)26-15-9-7-6-8-10-15/h6-13H,1-5H3. The summed E-state index contributed by atoms with van der Waals surface area (Å²) in [6.07, 6.45) is 1.84. The molecule has 0 amide bonds. The molecule has 0 N–H and O–H groups in total. The van der Waals surface area contributed by atoms with E-state index in [-0.39, 0.29) is 18.3 Å². The van der Waals surface area contributed by atoms with Crippen LogP contribution in [0.4, 0.5) is 0 Å². The van der Waals surface area contributed by atoms with Crippen molar-refractivity contribution in [3.05, 3.63) is 54.4 Å². The molecule has 4 rings (SSSR count). The van der Waals surface area contributed by atoms with Crippen LogP contribution in [0.1, 0.15) is 33.4 Å². The van der Waals surface area contributed by atoms with Crippen molar-refractivity contribution >= 4 is 35.6 Å². The molecule has 0 unspecified atom stereocenters. The first-order valence-electron chi connectivity index (χ1n) is 8.84. The van der Waals surface area contributed by atoms with Crippen LogP contribution in [0.2, 0.25) is 0 Å². The molecule has 0 bridgehead atoms. The van der Waals surface area contributed by atoms with Crippen LogP contribution in [0.25, 0.3) is 11.0 Å². The molecule has 0 aliphatic carbocycles. The van der Waals surface area contributed by atoms with Crippen LogP contribution in [-0.2, 0) is 9.31 Å². The van der Waals surface area contributed by atoms with Crippen LogP contribution in [0.15, 0.2) is 53.6 Å². The lowest BCUT2D eigenvalue weighted by atomic mass is 9.78. The molecular weight excluding hydrogens is 343 g/mol. The number of benzene rings is 1. The molecule has 0 radical (unpaired) electrons. The van der Waals surface area contributed by atoms with Gasteiger partial charge in [0, 0.05) is 22.2 Å². The van der Waals surface area contributed by atoms with Crippen molar-refractivity contribution in [2.75, 3.05) is 0 Å². The maximum atomic E-state index is 6.26. The Balaban J connectivity index is 1.76. The molecular formula is C20H23BN2O2S. The highest BCUT2D eigenvalue weighted by molar-refractivity contribution is 7.98. The van der Waals surface area contributed by atoms with E-state index in [9.17, 15) is 0 Å². The minimum atomic E-state index is -0.387. The Bertz CT molecular complexity index is 937. The van der Waals surface area contributed by atoms with E-state index in [1.54, 1.807) is 11.9 Å². The Morgan fingerprint density at radius 3 is 2.31 bits per heavy atom. The second-order valence-electron chi connectivity index (χ2n) is 7.71. The third-order valence-electron chi connectivity index (χ3n) is 5.32. The summed E-state index contributed by atoms with van der Waals surface area (Å²) in [7, 11) is -0.387. The number of nitrogens with zero attached hydrogens (tertiary/aromatic N) is 2. The summed E-state index contributed by atoms with van der Waals surface area (Å²) in [6.45, 7) is 10.4. The summed E-state index contributed by atoms with van der Waals surface area (Å²) in [5.74, 6) is 0. The number of fused-ring (bicyclic) bond motifs is 1. The van der Waals surface area contributed by atoms with Gasteiger partial charge in [0.25, 0.3) is 0 Å². The van der Waals surface area contributed by atoms with Gasteiger partial charge < -0.3 is 9.31 Å². The average Bonchev–Trinajstić information content (AvgIpc) is 3.01. The van der Waals surface area contributed by atoms with E-state index in [4.69, 9.17) is 9.31 Å². The molecule has 0 atom stereocenters. The molecule has 26 heavy (non-hydrogen) atoms. The molecule has 1 aliphatic heterocycles. The predicted octanol–water partition coefficient (Wildman–Crippen LogP) is 4.20. The van der Waals surface area contributed by atoms with Gasteiger partial charge in [0.1, 0.15) is 5.65 Å². The van der Waals surface area contributed by atoms with E-state index in [1.165, 1.54) is 4.90 Å². The van der Waals surface area contributed by atoms with E-state index >= 15 is 0 Å². The zero-order valence-electron chi connectivity index (χ0n) is 15.8. The van der Waals surface area contributed by atoms with Crippen molar-refractivity contribution in [2.45, 2.75) is 50.7 Å². The van der Waals surface area contributed by atoms with Crippen molar-refractivity contribution < 1.29 is 9.31 Å². The van der Waals surface area contributed by atoms with Crippen LogP contribution in [0.5, 0.6) is 0 Å². The summed E-state index contributed by atoms with van der Waals surface area (Å²) in [5.41, 5.74) is 2.39. The van der Waals surface area contributed by atoms with E-state index in [0.717, 1.165) is 22.2 Å². The predicted molar refractivity (Wildman–Crippen MR) is 108 cm³/mol. The second kappa shape index (κ2) is 6.15.